The van der Waals surface area contributed by atoms with Gasteiger partial charge in [-0.1, -0.05) is 12.1 Å². The van der Waals surface area contributed by atoms with E-state index in [-0.39, 0.29) is 18.0 Å². The molecule has 0 unspecified atom stereocenters. The normalized spacial score (nSPS) is 17.0. The van der Waals surface area contributed by atoms with Gasteiger partial charge in [0.25, 0.3) is 0 Å². The van der Waals surface area contributed by atoms with Gasteiger partial charge in [-0.05, 0) is 44.4 Å². The van der Waals surface area contributed by atoms with Crippen LogP contribution in [0, 0.1) is 0 Å². The van der Waals surface area contributed by atoms with Crippen LogP contribution in [0.15, 0.2) is 43.0 Å². The summed E-state index contributed by atoms with van der Waals surface area (Å²) in [6.45, 7) is 3.99. The van der Waals surface area contributed by atoms with Crippen molar-refractivity contribution in [2.24, 2.45) is 0 Å². The third-order valence-electron chi connectivity index (χ3n) is 4.01. The molecule has 1 aliphatic rings. The minimum atomic E-state index is -0.191. The lowest BCUT2D eigenvalue weighted by atomic mass is 10.1. The zero-order valence-electron chi connectivity index (χ0n) is 13.0. The zero-order valence-corrected chi connectivity index (χ0v) is 13.0. The van der Waals surface area contributed by atoms with Gasteiger partial charge in [-0.2, -0.15) is 0 Å². The second-order valence-corrected chi connectivity index (χ2v) is 5.95. The fourth-order valence-electron chi connectivity index (χ4n) is 2.45. The molecule has 1 saturated carbocycles. The second-order valence-electron chi connectivity index (χ2n) is 5.95. The summed E-state index contributed by atoms with van der Waals surface area (Å²) in [6, 6.07) is 8.62. The largest absolute Gasteiger partial charge is 0.352 e. The van der Waals surface area contributed by atoms with Crippen LogP contribution in [0.25, 0.3) is 5.69 Å². The maximum atomic E-state index is 12.0. The molecule has 2 N–H and O–H groups in total. The highest BCUT2D eigenvalue weighted by Crippen LogP contribution is 2.19. The van der Waals surface area contributed by atoms with Crippen LogP contribution in [0.4, 0.5) is 0 Å². The molecule has 3 rings (SSSR count). The Morgan fingerprint density at radius 1 is 1.27 bits per heavy atom. The summed E-state index contributed by atoms with van der Waals surface area (Å²) in [4.78, 5) is 16.0. The van der Waals surface area contributed by atoms with Crippen molar-refractivity contribution in [3.63, 3.8) is 0 Å². The number of aromatic nitrogens is 2. The van der Waals surface area contributed by atoms with Gasteiger partial charge in [0.15, 0.2) is 0 Å². The molecule has 1 aliphatic carbocycles. The number of carbonyl (C=O) groups excluding carboxylic acids is 1. The van der Waals surface area contributed by atoms with Crippen molar-refractivity contribution in [3.05, 3.63) is 48.5 Å². The van der Waals surface area contributed by atoms with Crippen LogP contribution in [0.2, 0.25) is 0 Å². The number of nitrogens with zero attached hydrogens (tertiary/aromatic N) is 2. The summed E-state index contributed by atoms with van der Waals surface area (Å²) in [5, 5.41) is 6.38. The van der Waals surface area contributed by atoms with E-state index in [1.165, 1.54) is 0 Å². The van der Waals surface area contributed by atoms with Gasteiger partial charge < -0.3 is 9.88 Å². The van der Waals surface area contributed by atoms with Crippen molar-refractivity contribution in [2.75, 3.05) is 0 Å². The molecule has 0 aliphatic heterocycles. The topological polar surface area (TPSA) is 59.0 Å². The van der Waals surface area contributed by atoms with Gasteiger partial charge in [0.05, 0.1) is 12.4 Å². The van der Waals surface area contributed by atoms with Gasteiger partial charge >= 0.3 is 0 Å². The number of benzene rings is 1. The minimum Gasteiger partial charge on any atom is -0.352 e. The summed E-state index contributed by atoms with van der Waals surface area (Å²) in [5.74, 6) is 0.0874. The molecular formula is C17H22N4O. The highest BCUT2D eigenvalue weighted by Gasteiger charge is 2.26. The van der Waals surface area contributed by atoms with E-state index in [0.717, 1.165) is 24.1 Å². The van der Waals surface area contributed by atoms with E-state index in [0.29, 0.717) is 6.04 Å². The van der Waals surface area contributed by atoms with Crippen molar-refractivity contribution in [3.8, 4) is 5.69 Å². The minimum absolute atomic E-state index is 0.0874. The Kier molecular flexibility index (Phi) is 4.24. The summed E-state index contributed by atoms with van der Waals surface area (Å²) in [7, 11) is 0. The summed E-state index contributed by atoms with van der Waals surface area (Å²) in [6.07, 6.45) is 7.69. The summed E-state index contributed by atoms with van der Waals surface area (Å²) in [5.41, 5.74) is 2.24. The van der Waals surface area contributed by atoms with Gasteiger partial charge in [0.2, 0.25) is 5.91 Å². The molecule has 2 atom stereocenters. The number of amides is 1. The number of hydrogen-bond donors (Lipinski definition) is 2. The number of carbonyl (C=O) groups is 1. The number of imidazole rings is 1. The van der Waals surface area contributed by atoms with Crippen LogP contribution in [-0.2, 0) is 4.79 Å². The van der Waals surface area contributed by atoms with Crippen LogP contribution in [0.5, 0.6) is 0 Å². The molecule has 0 spiro atoms. The van der Waals surface area contributed by atoms with Gasteiger partial charge in [0, 0.05) is 30.2 Å². The molecule has 1 amide bonds. The first-order chi connectivity index (χ1) is 10.6. The van der Waals surface area contributed by atoms with Crippen LogP contribution in [-0.4, -0.2) is 27.5 Å². The number of rotatable bonds is 6. The van der Waals surface area contributed by atoms with E-state index in [2.05, 4.69) is 46.8 Å². The molecule has 2 aromatic rings. The van der Waals surface area contributed by atoms with Crippen LogP contribution in [0.3, 0.4) is 0 Å². The van der Waals surface area contributed by atoms with Crippen LogP contribution >= 0.6 is 0 Å². The summed E-state index contributed by atoms with van der Waals surface area (Å²) >= 11 is 0. The molecule has 1 heterocycles. The van der Waals surface area contributed by atoms with E-state index < -0.39 is 0 Å². The maximum absolute atomic E-state index is 12.0. The molecule has 5 heteroatoms. The Morgan fingerprint density at radius 3 is 2.59 bits per heavy atom. The molecule has 22 heavy (non-hydrogen) atoms. The summed E-state index contributed by atoms with van der Waals surface area (Å²) < 4.78 is 1.97. The Bertz CT molecular complexity index is 617. The second kappa shape index (κ2) is 6.32. The maximum Gasteiger partial charge on any atom is 0.237 e. The lowest BCUT2D eigenvalue weighted by Gasteiger charge is -2.20. The molecule has 1 aromatic carbocycles. The molecule has 5 nitrogen and oxygen atoms in total. The molecule has 0 bridgehead atoms. The van der Waals surface area contributed by atoms with Crippen molar-refractivity contribution in [1.82, 2.24) is 20.2 Å². The van der Waals surface area contributed by atoms with Gasteiger partial charge in [-0.3, -0.25) is 10.1 Å². The number of nitrogens with one attached hydrogen (secondary N) is 2. The fourth-order valence-corrected chi connectivity index (χ4v) is 2.45. The molecular weight excluding hydrogens is 276 g/mol. The van der Waals surface area contributed by atoms with Crippen LogP contribution < -0.4 is 10.6 Å². The quantitative estimate of drug-likeness (QED) is 0.859. The van der Waals surface area contributed by atoms with Crippen molar-refractivity contribution in [2.45, 2.75) is 44.8 Å². The highest BCUT2D eigenvalue weighted by atomic mass is 16.2. The standard InChI is InChI=1S/C17H22N4O/c1-12(19-13(2)17(22)20-15-5-6-15)14-3-7-16(8-4-14)21-10-9-18-11-21/h3-4,7-13,15,19H,5-6H2,1-2H3,(H,20,22)/t12-,13-/m1/s1. The van der Waals surface area contributed by atoms with Gasteiger partial charge in [-0.25, -0.2) is 4.98 Å². The van der Waals surface area contributed by atoms with E-state index in [9.17, 15) is 4.79 Å². The predicted molar refractivity (Wildman–Crippen MR) is 85.7 cm³/mol. The molecule has 0 saturated heterocycles. The first-order valence-corrected chi connectivity index (χ1v) is 7.78. The SMILES string of the molecule is C[C@@H](N[C@H](C)c1ccc(-n2ccnc2)cc1)C(=O)NC1CC1. The average molecular weight is 298 g/mol. The zero-order chi connectivity index (χ0) is 15.5. The fraction of sp³-hybridized carbons (Fsp3) is 0.412. The van der Waals surface area contributed by atoms with Crippen LogP contribution in [0.1, 0.15) is 38.3 Å². The number of hydrogen-bond acceptors (Lipinski definition) is 3. The smallest absolute Gasteiger partial charge is 0.237 e. The van der Waals surface area contributed by atoms with E-state index in [1.54, 1.807) is 12.5 Å². The lowest BCUT2D eigenvalue weighted by molar-refractivity contribution is -0.123. The first-order valence-electron chi connectivity index (χ1n) is 7.78. The Balaban J connectivity index is 1.59. The third-order valence-corrected chi connectivity index (χ3v) is 4.01. The van der Waals surface area contributed by atoms with Gasteiger partial charge in [-0.15, -0.1) is 0 Å². The monoisotopic (exact) mass is 298 g/mol. The Hall–Kier alpha value is -2.14. The van der Waals surface area contributed by atoms with E-state index in [1.807, 2.05) is 17.7 Å². The Labute approximate surface area is 130 Å². The molecule has 0 radical (unpaired) electrons. The van der Waals surface area contributed by atoms with Crippen molar-refractivity contribution in [1.29, 1.82) is 0 Å². The Morgan fingerprint density at radius 2 is 2.00 bits per heavy atom. The average Bonchev–Trinajstić information content (AvgIpc) is 3.17. The lowest BCUT2D eigenvalue weighted by Crippen LogP contribution is -2.43. The third kappa shape index (κ3) is 3.54. The van der Waals surface area contributed by atoms with E-state index in [4.69, 9.17) is 0 Å². The predicted octanol–water partition coefficient (Wildman–Crippen LogP) is 2.19. The molecule has 1 fully saturated rings. The van der Waals surface area contributed by atoms with Crippen molar-refractivity contribution >= 4 is 5.91 Å². The molecule has 1 aromatic heterocycles. The van der Waals surface area contributed by atoms with Gasteiger partial charge in [0.1, 0.15) is 0 Å². The highest BCUT2D eigenvalue weighted by molar-refractivity contribution is 5.81. The van der Waals surface area contributed by atoms with E-state index >= 15 is 0 Å². The van der Waals surface area contributed by atoms with Crippen molar-refractivity contribution < 1.29 is 4.79 Å². The first kappa shape index (κ1) is 14.8. The molecule has 116 valence electrons.